The van der Waals surface area contributed by atoms with Crippen molar-refractivity contribution in [1.29, 1.82) is 0 Å². The largest absolute Gasteiger partial charge is 0.402 e. The molecule has 1 aromatic carbocycles. The van der Waals surface area contributed by atoms with Crippen LogP contribution in [0.4, 0.5) is 13.2 Å². The summed E-state index contributed by atoms with van der Waals surface area (Å²) in [6.45, 7) is -1.64. The van der Waals surface area contributed by atoms with E-state index in [0.29, 0.717) is 34.6 Å². The number of hydrogen-bond donors (Lipinski definition) is 1. The molecule has 12 heteroatoms. The topological polar surface area (TPSA) is 101 Å². The maximum atomic E-state index is 13.1. The summed E-state index contributed by atoms with van der Waals surface area (Å²) in [5.74, 6) is 0.532. The van der Waals surface area contributed by atoms with E-state index in [4.69, 9.17) is 4.52 Å². The van der Waals surface area contributed by atoms with Gasteiger partial charge in [-0.25, -0.2) is 0 Å². The van der Waals surface area contributed by atoms with Gasteiger partial charge in [-0.2, -0.15) is 35.6 Å². The molecule has 6 rings (SSSR count). The second-order valence-electron chi connectivity index (χ2n) is 9.53. The molecule has 0 unspecified atom stereocenters. The Morgan fingerprint density at radius 1 is 1.11 bits per heavy atom. The summed E-state index contributed by atoms with van der Waals surface area (Å²) in [5.41, 5.74) is 2.52. The summed E-state index contributed by atoms with van der Waals surface area (Å²) >= 11 is 0. The van der Waals surface area contributed by atoms with Crippen molar-refractivity contribution in [3.8, 4) is 23.0 Å². The molecule has 1 saturated heterocycles. The van der Waals surface area contributed by atoms with E-state index < -0.39 is 28.5 Å². The maximum absolute atomic E-state index is 13.1. The average molecular weight is 506 g/mol. The Balaban J connectivity index is 1.30. The quantitative estimate of drug-likeness (QED) is 0.586. The van der Waals surface area contributed by atoms with Gasteiger partial charge in [0, 0.05) is 18.3 Å². The summed E-state index contributed by atoms with van der Waals surface area (Å²) in [4.78, 5) is 8.69. The fraction of sp³-hybridized carbons (Fsp3) is 0.435. The van der Waals surface area contributed by atoms with Gasteiger partial charge in [0.1, 0.15) is 12.2 Å². The zero-order chi connectivity index (χ0) is 24.4. The van der Waals surface area contributed by atoms with Gasteiger partial charge in [-0.3, -0.25) is 4.98 Å². The average Bonchev–Trinajstić information content (AvgIpc) is 3.43. The molecule has 2 aliphatic carbocycles. The predicted octanol–water partition coefficient (Wildman–Crippen LogP) is 3.37. The van der Waals surface area contributed by atoms with Gasteiger partial charge in [-0.05, 0) is 72.9 Å². The normalized spacial score (nSPS) is 27.7. The first-order valence-corrected chi connectivity index (χ1v) is 12.8. The van der Waals surface area contributed by atoms with Crippen molar-refractivity contribution in [2.24, 2.45) is 11.8 Å². The molecule has 3 aliphatic rings. The molecule has 2 bridgehead atoms. The lowest BCUT2D eigenvalue weighted by Crippen LogP contribution is -2.52. The van der Waals surface area contributed by atoms with Crippen molar-refractivity contribution < 1.29 is 26.1 Å². The number of alkyl halides is 3. The second kappa shape index (κ2) is 7.84. The van der Waals surface area contributed by atoms with Crippen LogP contribution in [0.5, 0.6) is 0 Å². The highest BCUT2D eigenvalue weighted by atomic mass is 32.2. The number of benzene rings is 1. The molecule has 0 radical (unpaired) electrons. The molecule has 184 valence electrons. The third-order valence-electron chi connectivity index (χ3n) is 7.48. The standard InChI is InChI=1S/C23H22F3N5O3S/c24-23(25,26)13-31-12-22(30-35(31,32)33)17-6-7-18(22)11-16-9-15(5-4-14(16)10-17)21-28-20(29-34-21)19-3-1-2-8-27-19/h1-5,8-9,17-18,30H,6-7,10-13H2/t17-,18+,22+/m0/s1. The Bertz CT molecular complexity index is 1380. The van der Waals surface area contributed by atoms with Crippen LogP contribution in [0.25, 0.3) is 23.0 Å². The summed E-state index contributed by atoms with van der Waals surface area (Å²) in [5, 5.41) is 4.02. The Morgan fingerprint density at radius 2 is 1.89 bits per heavy atom. The summed E-state index contributed by atoms with van der Waals surface area (Å²) in [6.07, 6.45) is -0.279. The van der Waals surface area contributed by atoms with Crippen LogP contribution in [-0.2, 0) is 23.1 Å². The molecule has 0 amide bonds. The second-order valence-corrected chi connectivity index (χ2v) is 11.2. The molecule has 2 aromatic heterocycles. The van der Waals surface area contributed by atoms with E-state index in [2.05, 4.69) is 19.8 Å². The molecule has 2 fully saturated rings. The van der Waals surface area contributed by atoms with Gasteiger partial charge < -0.3 is 4.52 Å². The molecule has 1 spiro atoms. The highest BCUT2D eigenvalue weighted by Crippen LogP contribution is 2.50. The van der Waals surface area contributed by atoms with Gasteiger partial charge in [-0.1, -0.05) is 17.3 Å². The summed E-state index contributed by atoms with van der Waals surface area (Å²) in [6, 6.07) is 11.2. The van der Waals surface area contributed by atoms with Crippen molar-refractivity contribution in [2.75, 3.05) is 13.1 Å². The number of halogens is 3. The minimum Gasteiger partial charge on any atom is -0.334 e. The number of aromatic nitrogens is 3. The van der Waals surface area contributed by atoms with Crippen LogP contribution in [0.1, 0.15) is 24.0 Å². The molecular weight excluding hydrogens is 483 g/mol. The molecule has 1 saturated carbocycles. The van der Waals surface area contributed by atoms with Crippen LogP contribution in [-0.4, -0.2) is 52.7 Å². The number of pyridine rings is 1. The van der Waals surface area contributed by atoms with Gasteiger partial charge in [0.15, 0.2) is 0 Å². The van der Waals surface area contributed by atoms with E-state index >= 15 is 0 Å². The Labute approximate surface area is 199 Å². The third kappa shape index (κ3) is 3.93. The van der Waals surface area contributed by atoms with E-state index in [9.17, 15) is 21.6 Å². The number of fused-ring (bicyclic) bond motifs is 1. The molecule has 1 N–H and O–H groups in total. The van der Waals surface area contributed by atoms with E-state index in [1.54, 1.807) is 18.3 Å². The SMILES string of the molecule is O=S1(=O)N[C@@]2(CN1CC(F)(F)F)[C@@H]1CC[C@H]2Cc2ccc(-c3nc(-c4ccccn4)no3)cc2C1. The van der Waals surface area contributed by atoms with Crippen LogP contribution < -0.4 is 4.72 Å². The fourth-order valence-corrected chi connectivity index (χ4v) is 7.62. The molecule has 3 atom stereocenters. The van der Waals surface area contributed by atoms with Crippen LogP contribution in [0, 0.1) is 11.8 Å². The van der Waals surface area contributed by atoms with Crippen molar-refractivity contribution in [3.63, 3.8) is 0 Å². The summed E-state index contributed by atoms with van der Waals surface area (Å²) in [7, 11) is -4.21. The lowest BCUT2D eigenvalue weighted by Gasteiger charge is -2.33. The number of hydrogen-bond acceptors (Lipinski definition) is 6. The van der Waals surface area contributed by atoms with Crippen LogP contribution in [0.15, 0.2) is 47.1 Å². The van der Waals surface area contributed by atoms with Crippen LogP contribution >= 0.6 is 0 Å². The third-order valence-corrected chi connectivity index (χ3v) is 9.06. The first-order chi connectivity index (χ1) is 16.6. The van der Waals surface area contributed by atoms with Crippen LogP contribution in [0.2, 0.25) is 0 Å². The highest BCUT2D eigenvalue weighted by molar-refractivity contribution is 7.87. The van der Waals surface area contributed by atoms with E-state index in [0.717, 1.165) is 29.5 Å². The van der Waals surface area contributed by atoms with Gasteiger partial charge in [0.2, 0.25) is 5.82 Å². The molecular formula is C23H22F3N5O3S. The van der Waals surface area contributed by atoms with Gasteiger partial charge in [-0.15, -0.1) is 0 Å². The maximum Gasteiger partial charge on any atom is 0.402 e. The van der Waals surface area contributed by atoms with Gasteiger partial charge >= 0.3 is 6.18 Å². The van der Waals surface area contributed by atoms with E-state index in [1.165, 1.54) is 0 Å². The van der Waals surface area contributed by atoms with Crippen molar-refractivity contribution in [1.82, 2.24) is 24.2 Å². The molecule has 3 aromatic rings. The molecule has 8 nitrogen and oxygen atoms in total. The van der Waals surface area contributed by atoms with Gasteiger partial charge in [0.25, 0.3) is 16.1 Å². The Kier molecular flexibility index (Phi) is 5.07. The van der Waals surface area contributed by atoms with Gasteiger partial charge in [0.05, 0.1) is 5.54 Å². The van der Waals surface area contributed by atoms with Crippen molar-refractivity contribution in [3.05, 3.63) is 53.7 Å². The first kappa shape index (κ1) is 22.6. The van der Waals surface area contributed by atoms with E-state index in [-0.39, 0.29) is 18.4 Å². The lowest BCUT2D eigenvalue weighted by atomic mass is 9.79. The molecule has 1 aliphatic heterocycles. The zero-order valence-corrected chi connectivity index (χ0v) is 19.3. The lowest BCUT2D eigenvalue weighted by molar-refractivity contribution is -0.136. The smallest absolute Gasteiger partial charge is 0.334 e. The zero-order valence-electron chi connectivity index (χ0n) is 18.5. The first-order valence-electron chi connectivity index (χ1n) is 11.4. The number of nitrogens with zero attached hydrogens (tertiary/aromatic N) is 4. The fourth-order valence-electron chi connectivity index (χ4n) is 5.92. The minimum absolute atomic E-state index is 0.0771. The Morgan fingerprint density at radius 3 is 2.60 bits per heavy atom. The van der Waals surface area contributed by atoms with Crippen molar-refractivity contribution in [2.45, 2.75) is 37.4 Å². The predicted molar refractivity (Wildman–Crippen MR) is 119 cm³/mol. The molecule has 35 heavy (non-hydrogen) atoms. The highest BCUT2D eigenvalue weighted by Gasteiger charge is 2.60. The van der Waals surface area contributed by atoms with Crippen LogP contribution in [0.3, 0.4) is 0 Å². The van der Waals surface area contributed by atoms with E-state index in [1.807, 2.05) is 24.3 Å². The number of rotatable bonds is 3. The Hall–Kier alpha value is -2.83. The minimum atomic E-state index is -4.60. The monoisotopic (exact) mass is 505 g/mol. The number of nitrogens with one attached hydrogen (secondary N) is 1. The van der Waals surface area contributed by atoms with Crippen molar-refractivity contribution >= 4 is 10.2 Å². The molecule has 3 heterocycles. The summed E-state index contributed by atoms with van der Waals surface area (Å²) < 4.78 is 73.2.